The Balaban J connectivity index is 1.93. The van der Waals surface area contributed by atoms with Crippen LogP contribution in [0.3, 0.4) is 0 Å². The average molecular weight is 305 g/mol. The number of halogens is 1. The van der Waals surface area contributed by atoms with Crippen LogP contribution in [-0.4, -0.2) is 8.42 Å². The van der Waals surface area contributed by atoms with Gasteiger partial charge in [-0.15, -0.1) is 0 Å². The smallest absolute Gasteiger partial charge is 0.207 e. The Morgan fingerprint density at radius 1 is 1.05 bits per heavy atom. The summed E-state index contributed by atoms with van der Waals surface area (Å²) in [4.78, 5) is -0.298. The van der Waals surface area contributed by atoms with Crippen LogP contribution in [0.25, 0.3) is 0 Å². The first-order valence-electron chi connectivity index (χ1n) is 6.92. The second-order valence-electron chi connectivity index (χ2n) is 5.20. The van der Waals surface area contributed by atoms with Gasteiger partial charge in [-0.05, 0) is 42.5 Å². The summed E-state index contributed by atoms with van der Waals surface area (Å²) in [5, 5.41) is 0. The van der Waals surface area contributed by atoms with Gasteiger partial charge < -0.3 is 0 Å². The van der Waals surface area contributed by atoms with E-state index in [9.17, 15) is 12.8 Å². The van der Waals surface area contributed by atoms with Crippen molar-refractivity contribution in [3.8, 4) is 0 Å². The molecule has 1 aliphatic carbocycles. The number of nitrogens with one attached hydrogen (secondary N) is 1. The summed E-state index contributed by atoms with van der Waals surface area (Å²) >= 11 is 0. The van der Waals surface area contributed by atoms with Crippen LogP contribution in [0.1, 0.15) is 30.0 Å². The molecule has 0 fully saturated rings. The van der Waals surface area contributed by atoms with E-state index in [0.29, 0.717) is 0 Å². The van der Waals surface area contributed by atoms with Crippen molar-refractivity contribution in [2.24, 2.45) is 0 Å². The van der Waals surface area contributed by atoms with Gasteiger partial charge in [0.15, 0.2) is 0 Å². The predicted octanol–water partition coefficient (Wildman–Crippen LogP) is 3.18. The minimum atomic E-state index is -3.86. The van der Waals surface area contributed by atoms with Crippen molar-refractivity contribution < 1.29 is 12.8 Å². The van der Waals surface area contributed by atoms with Gasteiger partial charge in [0.25, 0.3) is 0 Å². The van der Waals surface area contributed by atoms with Gasteiger partial charge in [-0.2, -0.15) is 0 Å². The van der Waals surface area contributed by atoms with Crippen LogP contribution in [0.4, 0.5) is 4.39 Å². The zero-order valence-electron chi connectivity index (χ0n) is 11.4. The van der Waals surface area contributed by atoms with Gasteiger partial charge in [0.05, 0.1) is 0 Å². The molecular formula is C16H16FNO2S. The van der Waals surface area contributed by atoms with Crippen LogP contribution in [0.5, 0.6) is 0 Å². The van der Waals surface area contributed by atoms with Gasteiger partial charge in [0.2, 0.25) is 10.0 Å². The van der Waals surface area contributed by atoms with Crippen LogP contribution >= 0.6 is 0 Å². The summed E-state index contributed by atoms with van der Waals surface area (Å²) in [5.41, 5.74) is 2.15. The fourth-order valence-electron chi connectivity index (χ4n) is 2.79. The molecule has 0 radical (unpaired) electrons. The molecule has 2 aromatic rings. The van der Waals surface area contributed by atoms with Gasteiger partial charge >= 0.3 is 0 Å². The topological polar surface area (TPSA) is 46.2 Å². The standard InChI is InChI=1S/C16H16FNO2S/c17-14-9-3-4-11-16(14)21(19,20)18-15-10-5-7-12-6-1-2-8-13(12)15/h1-4,6,8-9,11,15,18H,5,7,10H2/t15-/m1/s1. The summed E-state index contributed by atoms with van der Waals surface area (Å²) in [6.07, 6.45) is 2.60. The van der Waals surface area contributed by atoms with Gasteiger partial charge in [-0.3, -0.25) is 0 Å². The first-order chi connectivity index (χ1) is 10.1. The molecule has 0 spiro atoms. The normalized spacial score (nSPS) is 18.2. The minimum absolute atomic E-state index is 0.292. The Morgan fingerprint density at radius 3 is 2.57 bits per heavy atom. The van der Waals surface area contributed by atoms with E-state index in [1.165, 1.54) is 18.2 Å². The third-order valence-corrected chi connectivity index (χ3v) is 5.30. The second-order valence-corrected chi connectivity index (χ2v) is 6.88. The molecule has 3 rings (SSSR count). The van der Waals surface area contributed by atoms with Gasteiger partial charge in [0.1, 0.15) is 10.7 Å². The highest BCUT2D eigenvalue weighted by molar-refractivity contribution is 7.89. The SMILES string of the molecule is O=S(=O)(N[C@@H]1CCCc2ccccc21)c1ccccc1F. The molecule has 0 saturated heterocycles. The summed E-state index contributed by atoms with van der Waals surface area (Å²) in [6, 6.07) is 12.9. The van der Waals surface area contributed by atoms with Crippen molar-refractivity contribution in [2.75, 3.05) is 0 Å². The summed E-state index contributed by atoms with van der Waals surface area (Å²) < 4.78 is 41.1. The molecule has 1 aliphatic rings. The fourth-order valence-corrected chi connectivity index (χ4v) is 4.12. The first-order valence-corrected chi connectivity index (χ1v) is 8.41. The second kappa shape index (κ2) is 5.58. The highest BCUT2D eigenvalue weighted by atomic mass is 32.2. The zero-order valence-corrected chi connectivity index (χ0v) is 12.2. The van der Waals surface area contributed by atoms with E-state index in [0.717, 1.165) is 36.5 Å². The molecule has 21 heavy (non-hydrogen) atoms. The Kier molecular flexibility index (Phi) is 3.78. The number of rotatable bonds is 3. The monoisotopic (exact) mass is 305 g/mol. The van der Waals surface area contributed by atoms with Crippen LogP contribution in [0, 0.1) is 5.82 Å². The highest BCUT2D eigenvalue weighted by Crippen LogP contribution is 2.31. The molecule has 2 aromatic carbocycles. The molecule has 0 aromatic heterocycles. The van der Waals surface area contributed by atoms with Crippen LogP contribution in [0.2, 0.25) is 0 Å². The quantitative estimate of drug-likeness (QED) is 0.946. The van der Waals surface area contributed by atoms with E-state index >= 15 is 0 Å². The summed E-state index contributed by atoms with van der Waals surface area (Å²) in [6.45, 7) is 0. The van der Waals surface area contributed by atoms with Crippen LogP contribution in [0.15, 0.2) is 53.4 Å². The molecule has 1 N–H and O–H groups in total. The fraction of sp³-hybridized carbons (Fsp3) is 0.250. The van der Waals surface area contributed by atoms with Crippen molar-refractivity contribution in [3.05, 3.63) is 65.5 Å². The molecule has 3 nitrogen and oxygen atoms in total. The van der Waals surface area contributed by atoms with Gasteiger partial charge in [0, 0.05) is 6.04 Å². The number of hydrogen-bond donors (Lipinski definition) is 1. The van der Waals surface area contributed by atoms with Crippen LogP contribution in [-0.2, 0) is 16.4 Å². The molecule has 0 amide bonds. The largest absolute Gasteiger partial charge is 0.244 e. The molecular weight excluding hydrogens is 289 g/mol. The molecule has 5 heteroatoms. The number of sulfonamides is 1. The predicted molar refractivity (Wildman–Crippen MR) is 78.8 cm³/mol. The third-order valence-electron chi connectivity index (χ3n) is 3.79. The Labute approximate surface area is 123 Å². The lowest BCUT2D eigenvalue weighted by Crippen LogP contribution is -2.31. The summed E-state index contributed by atoms with van der Waals surface area (Å²) in [5.74, 6) is -0.728. The molecule has 0 unspecified atom stereocenters. The molecule has 1 atom stereocenters. The van der Waals surface area contributed by atoms with Crippen molar-refractivity contribution >= 4 is 10.0 Å². The average Bonchev–Trinajstić information content (AvgIpc) is 2.47. The van der Waals surface area contributed by atoms with Gasteiger partial charge in [-0.25, -0.2) is 17.5 Å². The Morgan fingerprint density at radius 2 is 1.76 bits per heavy atom. The lowest BCUT2D eigenvalue weighted by atomic mass is 9.88. The van der Waals surface area contributed by atoms with Crippen molar-refractivity contribution in [1.82, 2.24) is 4.72 Å². The van der Waals surface area contributed by atoms with E-state index in [2.05, 4.69) is 4.72 Å². The number of benzene rings is 2. The minimum Gasteiger partial charge on any atom is -0.207 e. The lowest BCUT2D eigenvalue weighted by Gasteiger charge is -2.26. The first kappa shape index (κ1) is 14.2. The number of fused-ring (bicyclic) bond motifs is 1. The molecule has 110 valence electrons. The van der Waals surface area contributed by atoms with Crippen molar-refractivity contribution in [1.29, 1.82) is 0 Å². The van der Waals surface area contributed by atoms with E-state index in [4.69, 9.17) is 0 Å². The lowest BCUT2D eigenvalue weighted by molar-refractivity contribution is 0.501. The zero-order chi connectivity index (χ0) is 14.9. The van der Waals surface area contributed by atoms with E-state index in [1.54, 1.807) is 0 Å². The van der Waals surface area contributed by atoms with Crippen LogP contribution < -0.4 is 4.72 Å². The molecule has 0 bridgehead atoms. The highest BCUT2D eigenvalue weighted by Gasteiger charge is 2.26. The van der Waals surface area contributed by atoms with E-state index in [1.807, 2.05) is 24.3 Å². The summed E-state index contributed by atoms with van der Waals surface area (Å²) in [7, 11) is -3.86. The maximum atomic E-state index is 13.7. The van der Waals surface area contributed by atoms with E-state index in [-0.39, 0.29) is 10.9 Å². The van der Waals surface area contributed by atoms with Gasteiger partial charge in [-0.1, -0.05) is 36.4 Å². The third kappa shape index (κ3) is 2.84. The Hall–Kier alpha value is -1.72. The van der Waals surface area contributed by atoms with Crippen molar-refractivity contribution in [3.63, 3.8) is 0 Å². The maximum Gasteiger partial charge on any atom is 0.244 e. The maximum absolute atomic E-state index is 13.7. The number of aryl methyl sites for hydroxylation is 1. The number of hydrogen-bond acceptors (Lipinski definition) is 2. The van der Waals surface area contributed by atoms with Crippen molar-refractivity contribution in [2.45, 2.75) is 30.2 Å². The molecule has 0 aliphatic heterocycles. The molecule has 0 heterocycles. The van der Waals surface area contributed by atoms with E-state index < -0.39 is 15.8 Å². The molecule has 0 saturated carbocycles. The Bertz CT molecular complexity index is 758.